The molecular weight excluding hydrogens is 230 g/mol. The first kappa shape index (κ1) is 13.3. The molecule has 0 bridgehead atoms. The van der Waals surface area contributed by atoms with E-state index in [1.807, 2.05) is 0 Å². The third kappa shape index (κ3) is 3.40. The van der Waals surface area contributed by atoms with Crippen molar-refractivity contribution in [3.05, 3.63) is 5.82 Å². The van der Waals surface area contributed by atoms with Gasteiger partial charge in [-0.2, -0.15) is 4.80 Å². The number of rotatable bonds is 3. The minimum Gasteiger partial charge on any atom is -1.00 e. The highest BCUT2D eigenvalue weighted by molar-refractivity contribution is 4.76. The molecule has 0 aliphatic carbocycles. The van der Waals surface area contributed by atoms with E-state index in [9.17, 15) is 0 Å². The molecule has 1 saturated heterocycles. The summed E-state index contributed by atoms with van der Waals surface area (Å²) in [6.45, 7) is 4.96. The van der Waals surface area contributed by atoms with Gasteiger partial charge in [-0.05, 0) is 5.21 Å². The van der Waals surface area contributed by atoms with E-state index in [-0.39, 0.29) is 12.4 Å². The lowest BCUT2D eigenvalue weighted by atomic mass is 10.3. The average Bonchev–Trinajstić information content (AvgIpc) is 2.63. The molecule has 0 amide bonds. The number of hydrogen-bond donors (Lipinski definition) is 0. The molecule has 92 valence electrons. The maximum Gasteiger partial charge on any atom is 0.180 e. The van der Waals surface area contributed by atoms with Crippen LogP contribution in [-0.2, 0) is 18.2 Å². The predicted molar refractivity (Wildman–Crippen MR) is 54.1 cm³/mol. The molecule has 0 saturated carbocycles. The summed E-state index contributed by atoms with van der Waals surface area (Å²) >= 11 is 0. The lowest BCUT2D eigenvalue weighted by Gasteiger charge is -2.37. The number of likely N-dealkylation sites (N-methyl/N-ethyl adjacent to an activating group) is 1. The highest BCUT2D eigenvalue weighted by atomic mass is 35.5. The molecule has 1 aliphatic rings. The Morgan fingerprint density at radius 2 is 2.06 bits per heavy atom. The average molecular weight is 248 g/mol. The van der Waals surface area contributed by atoms with E-state index >= 15 is 0 Å². The van der Waals surface area contributed by atoms with Crippen molar-refractivity contribution in [2.75, 3.05) is 39.9 Å². The molecule has 0 spiro atoms. The number of aromatic nitrogens is 4. The monoisotopic (exact) mass is 247 g/mol. The second kappa shape index (κ2) is 5.56. The van der Waals surface area contributed by atoms with E-state index in [0.717, 1.165) is 49.6 Å². The van der Waals surface area contributed by atoms with Crippen LogP contribution in [0.4, 0.5) is 0 Å². The number of aryl methyl sites for hydroxylation is 1. The summed E-state index contributed by atoms with van der Waals surface area (Å²) in [6.07, 6.45) is 0.893. The van der Waals surface area contributed by atoms with E-state index in [2.05, 4.69) is 22.5 Å². The topological polar surface area (TPSA) is 52.8 Å². The molecule has 1 aromatic heterocycles. The molecule has 6 nitrogen and oxygen atoms in total. The van der Waals surface area contributed by atoms with Crippen molar-refractivity contribution in [1.82, 2.24) is 20.2 Å². The molecule has 0 radical (unpaired) electrons. The van der Waals surface area contributed by atoms with Gasteiger partial charge in [-0.3, -0.25) is 0 Å². The van der Waals surface area contributed by atoms with Gasteiger partial charge < -0.3 is 21.6 Å². The number of morpholine rings is 1. The van der Waals surface area contributed by atoms with Crippen LogP contribution >= 0.6 is 0 Å². The van der Waals surface area contributed by atoms with Crippen LogP contribution < -0.4 is 12.4 Å². The Morgan fingerprint density at radius 3 is 2.62 bits per heavy atom. The summed E-state index contributed by atoms with van der Waals surface area (Å²) in [4.78, 5) is 1.51. The summed E-state index contributed by atoms with van der Waals surface area (Å²) in [6, 6.07) is 0. The fourth-order valence-corrected chi connectivity index (χ4v) is 1.80. The number of nitrogens with zero attached hydrogens (tertiary/aromatic N) is 5. The standard InChI is InChI=1S/C9H18N5O.ClH/c1-13-11-9(10-12-13)3-4-14(2)5-7-15-8-6-14;/h3-8H2,1-2H3;1H/q+1;/p-1. The van der Waals surface area contributed by atoms with Gasteiger partial charge in [-0.1, -0.05) is 0 Å². The molecule has 0 atom stereocenters. The van der Waals surface area contributed by atoms with Gasteiger partial charge in [0.2, 0.25) is 0 Å². The molecule has 1 aliphatic heterocycles. The van der Waals surface area contributed by atoms with E-state index in [1.54, 1.807) is 7.05 Å². The van der Waals surface area contributed by atoms with Gasteiger partial charge in [0.1, 0.15) is 13.1 Å². The lowest BCUT2D eigenvalue weighted by Crippen LogP contribution is -3.00. The first-order chi connectivity index (χ1) is 7.18. The normalized spacial score (nSPS) is 19.1. The van der Waals surface area contributed by atoms with Crippen LogP contribution in [0, 0.1) is 0 Å². The van der Waals surface area contributed by atoms with Gasteiger partial charge in [0.25, 0.3) is 0 Å². The number of quaternary nitrogens is 1. The smallest absolute Gasteiger partial charge is 0.180 e. The highest BCUT2D eigenvalue weighted by Crippen LogP contribution is 2.08. The van der Waals surface area contributed by atoms with Gasteiger partial charge >= 0.3 is 0 Å². The Labute approximate surface area is 102 Å². The van der Waals surface area contributed by atoms with Crippen molar-refractivity contribution in [2.24, 2.45) is 7.05 Å². The van der Waals surface area contributed by atoms with Crippen molar-refractivity contribution in [3.8, 4) is 0 Å². The zero-order valence-electron chi connectivity index (χ0n) is 9.76. The lowest BCUT2D eigenvalue weighted by molar-refractivity contribution is -0.916. The first-order valence-electron chi connectivity index (χ1n) is 5.32. The zero-order chi connectivity index (χ0) is 10.7. The molecule has 2 rings (SSSR count). The molecule has 2 heterocycles. The van der Waals surface area contributed by atoms with Gasteiger partial charge in [-0.25, -0.2) is 0 Å². The highest BCUT2D eigenvalue weighted by Gasteiger charge is 2.25. The molecule has 0 N–H and O–H groups in total. The summed E-state index contributed by atoms with van der Waals surface area (Å²) in [5, 5.41) is 12.0. The minimum atomic E-state index is 0. The van der Waals surface area contributed by atoms with Crippen LogP contribution in [0.2, 0.25) is 0 Å². The van der Waals surface area contributed by atoms with Crippen LogP contribution in [0.3, 0.4) is 0 Å². The van der Waals surface area contributed by atoms with E-state index in [0.29, 0.717) is 0 Å². The van der Waals surface area contributed by atoms with Crippen molar-refractivity contribution in [3.63, 3.8) is 0 Å². The summed E-state index contributed by atoms with van der Waals surface area (Å²) < 4.78 is 6.41. The number of ether oxygens (including phenoxy) is 1. The van der Waals surface area contributed by atoms with Crippen LogP contribution in [-0.4, -0.2) is 64.6 Å². The molecule has 0 aromatic carbocycles. The van der Waals surface area contributed by atoms with Crippen molar-refractivity contribution >= 4 is 0 Å². The molecule has 16 heavy (non-hydrogen) atoms. The fourth-order valence-electron chi connectivity index (χ4n) is 1.80. The molecule has 0 unspecified atom stereocenters. The van der Waals surface area contributed by atoms with Gasteiger partial charge in [0.05, 0.1) is 40.3 Å². The summed E-state index contributed by atoms with van der Waals surface area (Å²) in [7, 11) is 4.06. The van der Waals surface area contributed by atoms with E-state index in [1.165, 1.54) is 4.80 Å². The number of hydrogen-bond acceptors (Lipinski definition) is 4. The van der Waals surface area contributed by atoms with Crippen molar-refractivity contribution in [1.29, 1.82) is 0 Å². The third-order valence-electron chi connectivity index (χ3n) is 2.98. The Hall–Kier alpha value is -0.720. The quantitative estimate of drug-likeness (QED) is 0.515. The van der Waals surface area contributed by atoms with Crippen molar-refractivity contribution < 1.29 is 21.6 Å². The van der Waals surface area contributed by atoms with Gasteiger partial charge in [-0.15, -0.1) is 10.2 Å². The molecular formula is C9H18ClN5O. The Balaban J connectivity index is 0.00000128. The minimum absolute atomic E-state index is 0. The Kier molecular flexibility index (Phi) is 4.64. The van der Waals surface area contributed by atoms with E-state index < -0.39 is 0 Å². The van der Waals surface area contributed by atoms with Crippen LogP contribution in [0.5, 0.6) is 0 Å². The molecule has 7 heteroatoms. The van der Waals surface area contributed by atoms with Crippen LogP contribution in [0.25, 0.3) is 0 Å². The summed E-state index contributed by atoms with van der Waals surface area (Å²) in [5.41, 5.74) is 0. The molecule has 1 fully saturated rings. The SMILES string of the molecule is Cn1nnc(CC[N+]2(C)CCOCC2)n1.[Cl-]. The Bertz CT molecular complexity index is 323. The number of tetrazole rings is 1. The zero-order valence-corrected chi connectivity index (χ0v) is 10.5. The maximum atomic E-state index is 5.36. The third-order valence-corrected chi connectivity index (χ3v) is 2.98. The first-order valence-corrected chi connectivity index (χ1v) is 5.32. The predicted octanol–water partition coefficient (Wildman–Crippen LogP) is -3.77. The van der Waals surface area contributed by atoms with Crippen LogP contribution in [0.15, 0.2) is 0 Å². The van der Waals surface area contributed by atoms with Crippen LogP contribution in [0.1, 0.15) is 5.82 Å². The summed E-state index contributed by atoms with van der Waals surface area (Å²) in [5.74, 6) is 0.836. The second-order valence-electron chi connectivity index (χ2n) is 4.35. The second-order valence-corrected chi connectivity index (χ2v) is 4.35. The fraction of sp³-hybridized carbons (Fsp3) is 0.889. The largest absolute Gasteiger partial charge is 1.00 e. The van der Waals surface area contributed by atoms with Gasteiger partial charge in [0.15, 0.2) is 5.82 Å². The number of halogens is 1. The van der Waals surface area contributed by atoms with E-state index in [4.69, 9.17) is 4.74 Å². The van der Waals surface area contributed by atoms with Crippen molar-refractivity contribution in [2.45, 2.75) is 6.42 Å². The van der Waals surface area contributed by atoms with Gasteiger partial charge in [0, 0.05) is 0 Å². The molecule has 1 aromatic rings. The Morgan fingerprint density at radius 1 is 1.38 bits per heavy atom. The maximum absolute atomic E-state index is 5.36.